The van der Waals surface area contributed by atoms with Gasteiger partial charge in [-0.15, -0.1) is 11.8 Å². The van der Waals surface area contributed by atoms with Crippen LogP contribution in [0.2, 0.25) is 15.1 Å². The molecule has 0 spiro atoms. The van der Waals surface area contributed by atoms with Gasteiger partial charge in [-0.2, -0.15) is 0 Å². The van der Waals surface area contributed by atoms with Gasteiger partial charge in [-0.3, -0.25) is 9.59 Å². The van der Waals surface area contributed by atoms with Crippen LogP contribution < -0.4 is 5.32 Å². The third-order valence-electron chi connectivity index (χ3n) is 4.43. The molecule has 168 valence electrons. The number of rotatable bonds is 8. The van der Waals surface area contributed by atoms with Gasteiger partial charge in [-0.1, -0.05) is 53.0 Å². The van der Waals surface area contributed by atoms with Crippen LogP contribution in [-0.2, 0) is 21.9 Å². The maximum atomic E-state index is 13.1. The van der Waals surface area contributed by atoms with Gasteiger partial charge in [-0.25, -0.2) is 0 Å². The predicted molar refractivity (Wildman–Crippen MR) is 132 cm³/mol. The summed E-state index contributed by atoms with van der Waals surface area (Å²) in [5.74, 6) is 0.473. The fraction of sp³-hybridized carbons (Fsp3) is 0.391. The number of carbonyl (C=O) groups excluding carboxylic acids is 2. The van der Waals surface area contributed by atoms with E-state index in [2.05, 4.69) is 5.32 Å². The van der Waals surface area contributed by atoms with E-state index in [0.29, 0.717) is 27.4 Å². The molecule has 0 aliphatic carbocycles. The molecular formula is C23H27Cl3N2O2S. The molecular weight excluding hydrogens is 475 g/mol. The molecule has 0 bridgehead atoms. The van der Waals surface area contributed by atoms with Crippen molar-refractivity contribution in [3.8, 4) is 0 Å². The largest absolute Gasteiger partial charge is 0.350 e. The van der Waals surface area contributed by atoms with Gasteiger partial charge in [0.05, 0.1) is 5.75 Å². The van der Waals surface area contributed by atoms with Crippen LogP contribution in [-0.4, -0.2) is 34.0 Å². The van der Waals surface area contributed by atoms with E-state index in [-0.39, 0.29) is 23.1 Å². The number of thioether (sulfide) groups is 1. The number of nitrogens with zero attached hydrogens (tertiary/aromatic N) is 1. The van der Waals surface area contributed by atoms with Crippen LogP contribution in [0.5, 0.6) is 0 Å². The number of nitrogens with one attached hydrogen (secondary N) is 1. The van der Waals surface area contributed by atoms with Crippen molar-refractivity contribution in [3.63, 3.8) is 0 Å². The first-order chi connectivity index (χ1) is 14.5. The molecule has 31 heavy (non-hydrogen) atoms. The summed E-state index contributed by atoms with van der Waals surface area (Å²) in [5, 5.41) is 4.72. The molecule has 2 amide bonds. The summed E-state index contributed by atoms with van der Waals surface area (Å²) in [7, 11) is 0. The Bertz CT molecular complexity index is 914. The fourth-order valence-electron chi connectivity index (χ4n) is 2.81. The van der Waals surface area contributed by atoms with Crippen molar-refractivity contribution in [1.82, 2.24) is 10.2 Å². The van der Waals surface area contributed by atoms with Crippen LogP contribution in [0.25, 0.3) is 0 Å². The monoisotopic (exact) mass is 500 g/mol. The quantitative estimate of drug-likeness (QED) is 0.468. The van der Waals surface area contributed by atoms with Gasteiger partial charge in [0.2, 0.25) is 11.8 Å². The Morgan fingerprint density at radius 1 is 1.03 bits per heavy atom. The Morgan fingerprint density at radius 3 is 2.23 bits per heavy atom. The normalized spacial score (nSPS) is 12.4. The smallest absolute Gasteiger partial charge is 0.242 e. The van der Waals surface area contributed by atoms with E-state index in [1.165, 1.54) is 11.8 Å². The molecule has 0 aliphatic heterocycles. The summed E-state index contributed by atoms with van der Waals surface area (Å²) in [6, 6.07) is 12.0. The molecule has 4 nitrogen and oxygen atoms in total. The Morgan fingerprint density at radius 2 is 1.65 bits per heavy atom. The van der Waals surface area contributed by atoms with Gasteiger partial charge >= 0.3 is 0 Å². The van der Waals surface area contributed by atoms with Crippen LogP contribution >= 0.6 is 46.6 Å². The van der Waals surface area contributed by atoms with Crippen LogP contribution in [0.1, 0.15) is 38.8 Å². The second-order valence-electron chi connectivity index (χ2n) is 8.29. The molecule has 0 unspecified atom stereocenters. The fourth-order valence-corrected chi connectivity index (χ4v) is 4.41. The SMILES string of the molecule is C[C@H](C(=O)NC(C)(C)C)N(Cc1ccc(Cl)cc1)C(=O)CSCc1ccc(Cl)cc1Cl. The van der Waals surface area contributed by atoms with Gasteiger partial charge < -0.3 is 10.2 Å². The van der Waals surface area contributed by atoms with E-state index >= 15 is 0 Å². The first-order valence-corrected chi connectivity index (χ1v) is 12.1. The van der Waals surface area contributed by atoms with Crippen molar-refractivity contribution in [2.24, 2.45) is 0 Å². The van der Waals surface area contributed by atoms with E-state index in [0.717, 1.165) is 11.1 Å². The second kappa shape index (κ2) is 11.5. The van der Waals surface area contributed by atoms with E-state index < -0.39 is 6.04 Å². The third kappa shape index (κ3) is 8.57. The molecule has 2 aromatic rings. The van der Waals surface area contributed by atoms with Crippen molar-refractivity contribution in [2.75, 3.05) is 5.75 Å². The summed E-state index contributed by atoms with van der Waals surface area (Å²) < 4.78 is 0. The molecule has 8 heteroatoms. The Hall–Kier alpha value is -1.40. The lowest BCUT2D eigenvalue weighted by Crippen LogP contribution is -2.52. The van der Waals surface area contributed by atoms with Gasteiger partial charge in [-0.05, 0) is 63.1 Å². The summed E-state index contributed by atoms with van der Waals surface area (Å²) in [6.45, 7) is 7.80. The first-order valence-electron chi connectivity index (χ1n) is 9.84. The number of hydrogen-bond acceptors (Lipinski definition) is 3. The standard InChI is InChI=1S/C23H27Cl3N2O2S/c1-15(22(30)27-23(2,3)4)28(12-16-5-8-18(24)9-6-16)21(29)14-31-13-17-7-10-19(25)11-20(17)26/h5-11,15H,12-14H2,1-4H3,(H,27,30)/t15-/m1/s1. The summed E-state index contributed by atoms with van der Waals surface area (Å²) >= 11 is 19.6. The number of amides is 2. The van der Waals surface area contributed by atoms with Crippen molar-refractivity contribution in [1.29, 1.82) is 0 Å². The van der Waals surface area contributed by atoms with Crippen molar-refractivity contribution in [2.45, 2.75) is 51.6 Å². The predicted octanol–water partition coefficient (Wildman–Crippen LogP) is 6.21. The zero-order chi connectivity index (χ0) is 23.2. The average Bonchev–Trinajstić information content (AvgIpc) is 2.67. The molecule has 0 aromatic heterocycles. The molecule has 0 aliphatic rings. The zero-order valence-electron chi connectivity index (χ0n) is 18.0. The molecule has 2 aromatic carbocycles. The van der Waals surface area contributed by atoms with E-state index in [9.17, 15) is 9.59 Å². The minimum Gasteiger partial charge on any atom is -0.350 e. The maximum Gasteiger partial charge on any atom is 0.242 e. The number of hydrogen-bond donors (Lipinski definition) is 1. The maximum absolute atomic E-state index is 13.1. The van der Waals surface area contributed by atoms with Crippen LogP contribution in [0.3, 0.4) is 0 Å². The summed E-state index contributed by atoms with van der Waals surface area (Å²) in [5.41, 5.74) is 1.42. The van der Waals surface area contributed by atoms with E-state index in [1.54, 1.807) is 36.1 Å². The number of benzene rings is 2. The average molecular weight is 502 g/mol. The van der Waals surface area contributed by atoms with Gasteiger partial charge in [0.1, 0.15) is 6.04 Å². The highest BCUT2D eigenvalue weighted by molar-refractivity contribution is 7.99. The minimum atomic E-state index is -0.623. The lowest BCUT2D eigenvalue weighted by atomic mass is 10.1. The Kier molecular flexibility index (Phi) is 9.56. The van der Waals surface area contributed by atoms with Gasteiger partial charge in [0.15, 0.2) is 0 Å². The molecule has 0 saturated carbocycles. The number of halogens is 3. The first kappa shape index (κ1) is 25.9. The molecule has 0 radical (unpaired) electrons. The topological polar surface area (TPSA) is 49.4 Å². The highest BCUT2D eigenvalue weighted by Gasteiger charge is 2.28. The molecule has 1 N–H and O–H groups in total. The molecule has 2 rings (SSSR count). The molecule has 1 atom stereocenters. The number of carbonyl (C=O) groups is 2. The Balaban J connectivity index is 2.10. The van der Waals surface area contributed by atoms with Crippen LogP contribution in [0, 0.1) is 0 Å². The van der Waals surface area contributed by atoms with E-state index in [1.807, 2.05) is 39.0 Å². The van der Waals surface area contributed by atoms with Gasteiger partial charge in [0.25, 0.3) is 0 Å². The van der Waals surface area contributed by atoms with E-state index in [4.69, 9.17) is 34.8 Å². The Labute approximate surface area is 203 Å². The van der Waals surface area contributed by atoms with Crippen molar-refractivity contribution in [3.05, 3.63) is 68.7 Å². The highest BCUT2D eigenvalue weighted by atomic mass is 35.5. The summed E-state index contributed by atoms with van der Waals surface area (Å²) in [6.07, 6.45) is 0. The zero-order valence-corrected chi connectivity index (χ0v) is 21.1. The molecule has 0 fully saturated rings. The lowest BCUT2D eigenvalue weighted by molar-refractivity contribution is -0.139. The summed E-state index contributed by atoms with van der Waals surface area (Å²) in [4.78, 5) is 27.5. The molecule has 0 heterocycles. The van der Waals surface area contributed by atoms with Crippen LogP contribution in [0.4, 0.5) is 0 Å². The van der Waals surface area contributed by atoms with Crippen molar-refractivity contribution < 1.29 is 9.59 Å². The van der Waals surface area contributed by atoms with Gasteiger partial charge in [0, 0.05) is 32.9 Å². The van der Waals surface area contributed by atoms with Crippen LogP contribution in [0.15, 0.2) is 42.5 Å². The van der Waals surface area contributed by atoms with Crippen molar-refractivity contribution >= 4 is 58.4 Å². The minimum absolute atomic E-state index is 0.124. The molecule has 0 saturated heterocycles. The highest BCUT2D eigenvalue weighted by Crippen LogP contribution is 2.25. The lowest BCUT2D eigenvalue weighted by Gasteiger charge is -2.31. The third-order valence-corrected chi connectivity index (χ3v) is 6.24. The second-order valence-corrected chi connectivity index (χ2v) is 10.6.